The molecule has 0 aliphatic carbocycles. The average molecular weight is 301 g/mol. The third-order valence-corrected chi connectivity index (χ3v) is 2.93. The molecule has 0 unspecified atom stereocenters. The number of carbonyl (C=O) groups is 2. The second-order valence-corrected chi connectivity index (χ2v) is 4.52. The van der Waals surface area contributed by atoms with Crippen LogP contribution in [0.3, 0.4) is 0 Å². The summed E-state index contributed by atoms with van der Waals surface area (Å²) in [6.45, 7) is 1.83. The van der Waals surface area contributed by atoms with Crippen LogP contribution in [0.2, 0.25) is 5.15 Å². The summed E-state index contributed by atoms with van der Waals surface area (Å²) in [7, 11) is 2.58. The molecular weight excluding hydrogens is 284 g/mol. The van der Waals surface area contributed by atoms with Gasteiger partial charge in [-0.25, -0.2) is 9.78 Å². The van der Waals surface area contributed by atoms with E-state index < -0.39 is 18.0 Å². The van der Waals surface area contributed by atoms with Gasteiger partial charge in [0.25, 0.3) is 0 Å². The number of hydrogen-bond donors (Lipinski definition) is 1. The van der Waals surface area contributed by atoms with Crippen LogP contribution < -0.4 is 5.32 Å². The normalized spacial score (nSPS) is 11.6. The molecule has 0 bridgehead atoms. The predicted octanol–water partition coefficient (Wildman–Crippen LogP) is 1.95. The van der Waals surface area contributed by atoms with Crippen molar-refractivity contribution in [2.24, 2.45) is 0 Å². The third-order valence-electron chi connectivity index (χ3n) is 2.72. The summed E-state index contributed by atoms with van der Waals surface area (Å²) in [5.74, 6) is -0.385. The van der Waals surface area contributed by atoms with Gasteiger partial charge in [0.05, 0.1) is 14.2 Å². The molecule has 110 valence electrons. The Bertz CT molecular complexity index is 493. The standard InChI is InChI=1S/C13H17ClN2O4/c1-8-4-6-10(14)16-12(8)15-9(13(18)20-3)5-7-11(17)19-2/h4,6,9H,5,7H2,1-3H3,(H,15,16)/t9-/m0/s1. The number of aryl methyl sites for hydroxylation is 1. The van der Waals surface area contributed by atoms with Crippen LogP contribution in [-0.4, -0.2) is 37.2 Å². The zero-order chi connectivity index (χ0) is 15.1. The molecule has 1 N–H and O–H groups in total. The number of esters is 2. The minimum atomic E-state index is -0.691. The molecule has 0 saturated carbocycles. The van der Waals surface area contributed by atoms with Crippen molar-refractivity contribution in [3.63, 3.8) is 0 Å². The number of anilines is 1. The van der Waals surface area contributed by atoms with Crippen LogP contribution >= 0.6 is 11.6 Å². The van der Waals surface area contributed by atoms with Crippen molar-refractivity contribution in [1.82, 2.24) is 4.98 Å². The van der Waals surface area contributed by atoms with Gasteiger partial charge in [0.2, 0.25) is 0 Å². The Balaban J connectivity index is 2.81. The molecule has 0 aromatic carbocycles. The van der Waals surface area contributed by atoms with Crippen LogP contribution in [0, 0.1) is 6.92 Å². The summed E-state index contributed by atoms with van der Waals surface area (Å²) in [6, 6.07) is 2.75. The van der Waals surface area contributed by atoms with Crippen molar-refractivity contribution in [1.29, 1.82) is 0 Å². The maximum absolute atomic E-state index is 11.7. The lowest BCUT2D eigenvalue weighted by Gasteiger charge is -2.17. The molecule has 0 aliphatic heterocycles. The van der Waals surface area contributed by atoms with Gasteiger partial charge in [0.1, 0.15) is 17.0 Å². The fourth-order valence-electron chi connectivity index (χ4n) is 1.57. The summed E-state index contributed by atoms with van der Waals surface area (Å²) in [5, 5.41) is 3.25. The fourth-order valence-corrected chi connectivity index (χ4v) is 1.72. The van der Waals surface area contributed by atoms with Gasteiger partial charge in [-0.3, -0.25) is 4.79 Å². The Hall–Kier alpha value is -1.82. The SMILES string of the molecule is COC(=O)CC[C@H](Nc1nc(Cl)ccc1C)C(=O)OC. The van der Waals surface area contributed by atoms with E-state index in [9.17, 15) is 9.59 Å². The molecule has 20 heavy (non-hydrogen) atoms. The monoisotopic (exact) mass is 300 g/mol. The first-order chi connectivity index (χ1) is 9.47. The van der Waals surface area contributed by atoms with E-state index in [1.807, 2.05) is 6.92 Å². The molecule has 1 heterocycles. The topological polar surface area (TPSA) is 77.5 Å². The lowest BCUT2D eigenvalue weighted by molar-refractivity contribution is -0.143. The lowest BCUT2D eigenvalue weighted by Crippen LogP contribution is -2.32. The number of aromatic nitrogens is 1. The van der Waals surface area contributed by atoms with Crippen molar-refractivity contribution in [2.75, 3.05) is 19.5 Å². The minimum absolute atomic E-state index is 0.100. The Morgan fingerprint density at radius 2 is 2.05 bits per heavy atom. The maximum Gasteiger partial charge on any atom is 0.328 e. The largest absolute Gasteiger partial charge is 0.469 e. The number of pyridine rings is 1. The molecule has 0 radical (unpaired) electrons. The van der Waals surface area contributed by atoms with Crippen LogP contribution in [0.25, 0.3) is 0 Å². The first kappa shape index (κ1) is 16.2. The molecule has 0 spiro atoms. The summed E-state index contributed by atoms with van der Waals surface area (Å²) in [4.78, 5) is 27.0. The van der Waals surface area contributed by atoms with Crippen molar-refractivity contribution < 1.29 is 19.1 Å². The zero-order valence-electron chi connectivity index (χ0n) is 11.6. The van der Waals surface area contributed by atoms with E-state index in [1.165, 1.54) is 14.2 Å². The molecule has 6 nitrogen and oxygen atoms in total. The Labute approximate surface area is 122 Å². The molecular formula is C13H17ClN2O4. The van der Waals surface area contributed by atoms with Gasteiger partial charge in [-0.1, -0.05) is 17.7 Å². The number of hydrogen-bond acceptors (Lipinski definition) is 6. The molecule has 1 atom stereocenters. The van der Waals surface area contributed by atoms with Gasteiger partial charge in [-0.15, -0.1) is 0 Å². The summed E-state index contributed by atoms with van der Waals surface area (Å²) in [6.07, 6.45) is 0.343. The van der Waals surface area contributed by atoms with Gasteiger partial charge in [-0.2, -0.15) is 0 Å². The van der Waals surface area contributed by atoms with Crippen molar-refractivity contribution in [3.8, 4) is 0 Å². The van der Waals surface area contributed by atoms with Crippen LogP contribution in [0.4, 0.5) is 5.82 Å². The van der Waals surface area contributed by atoms with Gasteiger partial charge in [0, 0.05) is 6.42 Å². The molecule has 0 amide bonds. The summed E-state index contributed by atoms with van der Waals surface area (Å²) < 4.78 is 9.26. The number of ether oxygens (including phenoxy) is 2. The average Bonchev–Trinajstić information content (AvgIpc) is 2.45. The highest BCUT2D eigenvalue weighted by Gasteiger charge is 2.21. The second-order valence-electron chi connectivity index (χ2n) is 4.13. The smallest absolute Gasteiger partial charge is 0.328 e. The van der Waals surface area contributed by atoms with Crippen LogP contribution in [0.15, 0.2) is 12.1 Å². The van der Waals surface area contributed by atoms with Gasteiger partial charge < -0.3 is 14.8 Å². The van der Waals surface area contributed by atoms with Gasteiger partial charge in [0.15, 0.2) is 0 Å². The summed E-state index contributed by atoms with van der Waals surface area (Å²) >= 11 is 5.82. The molecule has 1 aromatic rings. The number of halogens is 1. The number of rotatable bonds is 6. The van der Waals surface area contributed by atoms with E-state index in [1.54, 1.807) is 12.1 Å². The highest BCUT2D eigenvalue weighted by Crippen LogP contribution is 2.18. The number of nitrogens with one attached hydrogen (secondary N) is 1. The van der Waals surface area contributed by atoms with Gasteiger partial charge in [-0.05, 0) is 25.0 Å². The quantitative estimate of drug-likeness (QED) is 0.639. The Morgan fingerprint density at radius 1 is 1.35 bits per heavy atom. The fraction of sp³-hybridized carbons (Fsp3) is 0.462. The van der Waals surface area contributed by atoms with Gasteiger partial charge >= 0.3 is 11.9 Å². The first-order valence-electron chi connectivity index (χ1n) is 6.02. The van der Waals surface area contributed by atoms with E-state index in [4.69, 9.17) is 16.3 Å². The molecule has 0 aliphatic rings. The van der Waals surface area contributed by atoms with E-state index in [0.717, 1.165) is 5.56 Å². The number of carbonyl (C=O) groups excluding carboxylic acids is 2. The van der Waals surface area contributed by atoms with E-state index in [-0.39, 0.29) is 12.8 Å². The molecule has 0 saturated heterocycles. The van der Waals surface area contributed by atoms with Crippen molar-refractivity contribution in [3.05, 3.63) is 22.8 Å². The highest BCUT2D eigenvalue weighted by atomic mass is 35.5. The Kier molecular flexibility index (Phi) is 6.24. The summed E-state index contributed by atoms with van der Waals surface area (Å²) in [5.41, 5.74) is 0.835. The molecule has 1 rings (SSSR count). The molecule has 0 fully saturated rings. The predicted molar refractivity (Wildman–Crippen MR) is 74.7 cm³/mol. The van der Waals surface area contributed by atoms with Crippen molar-refractivity contribution in [2.45, 2.75) is 25.8 Å². The van der Waals surface area contributed by atoms with Crippen LogP contribution in [0.1, 0.15) is 18.4 Å². The zero-order valence-corrected chi connectivity index (χ0v) is 12.4. The minimum Gasteiger partial charge on any atom is -0.469 e. The van der Waals surface area contributed by atoms with Crippen LogP contribution in [-0.2, 0) is 19.1 Å². The maximum atomic E-state index is 11.7. The van der Waals surface area contributed by atoms with Crippen LogP contribution in [0.5, 0.6) is 0 Å². The van der Waals surface area contributed by atoms with E-state index in [2.05, 4.69) is 15.0 Å². The second kappa shape index (κ2) is 7.69. The third kappa shape index (κ3) is 4.70. The van der Waals surface area contributed by atoms with E-state index >= 15 is 0 Å². The lowest BCUT2D eigenvalue weighted by atomic mass is 10.1. The van der Waals surface area contributed by atoms with E-state index in [0.29, 0.717) is 11.0 Å². The number of nitrogens with zero attached hydrogens (tertiary/aromatic N) is 1. The molecule has 1 aromatic heterocycles. The highest BCUT2D eigenvalue weighted by molar-refractivity contribution is 6.29. The Morgan fingerprint density at radius 3 is 2.65 bits per heavy atom. The number of methoxy groups -OCH3 is 2. The first-order valence-corrected chi connectivity index (χ1v) is 6.40. The molecule has 7 heteroatoms. The van der Waals surface area contributed by atoms with Crippen molar-refractivity contribution >= 4 is 29.4 Å².